The van der Waals surface area contributed by atoms with Crippen LogP contribution in [-0.2, 0) is 11.3 Å². The fraction of sp³-hybridized carbons (Fsp3) is 0.278. The highest BCUT2D eigenvalue weighted by Crippen LogP contribution is 2.23. The number of hydrogen-bond acceptors (Lipinski definition) is 4. The molecule has 2 aromatic rings. The van der Waals surface area contributed by atoms with Crippen molar-refractivity contribution in [1.29, 1.82) is 0 Å². The molecule has 0 saturated carbocycles. The second kappa shape index (κ2) is 8.19. The first kappa shape index (κ1) is 17.6. The molecule has 0 radical (unpaired) electrons. The van der Waals surface area contributed by atoms with Crippen LogP contribution in [0.4, 0.5) is 10.1 Å². The fourth-order valence-corrected chi connectivity index (χ4v) is 2.37. The van der Waals surface area contributed by atoms with Crippen LogP contribution in [0, 0.1) is 5.82 Å². The van der Waals surface area contributed by atoms with E-state index in [1.807, 2.05) is 29.2 Å². The van der Waals surface area contributed by atoms with E-state index in [-0.39, 0.29) is 18.1 Å². The molecule has 0 aliphatic heterocycles. The van der Waals surface area contributed by atoms with Crippen molar-refractivity contribution in [1.82, 2.24) is 0 Å². The predicted molar refractivity (Wildman–Crippen MR) is 90.8 cm³/mol. The molecule has 0 spiro atoms. The van der Waals surface area contributed by atoms with Gasteiger partial charge in [0.25, 0.3) is 0 Å². The maximum absolute atomic E-state index is 13.9. The summed E-state index contributed by atoms with van der Waals surface area (Å²) in [6.07, 6.45) is 0.213. The van der Waals surface area contributed by atoms with Crippen LogP contribution in [0.15, 0.2) is 42.5 Å². The molecule has 2 rings (SSSR count). The van der Waals surface area contributed by atoms with Crippen LogP contribution < -0.4 is 20.1 Å². The number of primary amides is 1. The van der Waals surface area contributed by atoms with Gasteiger partial charge in [-0.1, -0.05) is 6.07 Å². The molecule has 0 unspecified atom stereocenters. The molecule has 0 atom stereocenters. The molecule has 0 aliphatic rings. The lowest BCUT2D eigenvalue weighted by Gasteiger charge is -2.25. The third-order valence-electron chi connectivity index (χ3n) is 3.66. The van der Waals surface area contributed by atoms with E-state index in [4.69, 9.17) is 15.2 Å². The van der Waals surface area contributed by atoms with Gasteiger partial charge in [-0.3, -0.25) is 4.79 Å². The van der Waals surface area contributed by atoms with Gasteiger partial charge in [-0.25, -0.2) is 4.39 Å². The number of benzene rings is 2. The van der Waals surface area contributed by atoms with Crippen molar-refractivity contribution in [3.63, 3.8) is 0 Å². The van der Waals surface area contributed by atoms with Gasteiger partial charge < -0.3 is 20.1 Å². The molecule has 128 valence electrons. The number of carbonyl (C=O) groups is 1. The quantitative estimate of drug-likeness (QED) is 0.807. The lowest BCUT2D eigenvalue weighted by Crippen LogP contribution is -2.27. The monoisotopic (exact) mass is 332 g/mol. The normalized spacial score (nSPS) is 10.3. The Hall–Kier alpha value is -2.76. The number of ether oxygens (including phenoxy) is 2. The molecule has 2 N–H and O–H groups in total. The van der Waals surface area contributed by atoms with E-state index >= 15 is 0 Å². The van der Waals surface area contributed by atoms with Crippen LogP contribution in [0.5, 0.6) is 11.5 Å². The van der Waals surface area contributed by atoms with E-state index in [1.54, 1.807) is 19.2 Å². The van der Waals surface area contributed by atoms with Gasteiger partial charge in [0.2, 0.25) is 5.91 Å². The van der Waals surface area contributed by atoms with Crippen LogP contribution in [0.25, 0.3) is 0 Å². The number of methoxy groups -OCH3 is 2. The van der Waals surface area contributed by atoms with Crippen molar-refractivity contribution in [2.75, 3.05) is 25.7 Å². The standard InChI is InChI=1S/C18H21FN2O3/c1-23-15-6-4-14(5-7-15)21(10-9-18(20)22)12-13-3-8-17(24-2)16(19)11-13/h3-8,11H,9-10,12H2,1-2H3,(H2,20,22). The van der Waals surface area contributed by atoms with Crippen LogP contribution in [0.2, 0.25) is 0 Å². The molecule has 0 fully saturated rings. The summed E-state index contributed by atoms with van der Waals surface area (Å²) in [6, 6.07) is 12.3. The Morgan fingerprint density at radius 3 is 2.38 bits per heavy atom. The smallest absolute Gasteiger partial charge is 0.219 e. The number of carbonyl (C=O) groups excluding carboxylic acids is 1. The van der Waals surface area contributed by atoms with Gasteiger partial charge in [-0.15, -0.1) is 0 Å². The highest BCUT2D eigenvalue weighted by Gasteiger charge is 2.11. The lowest BCUT2D eigenvalue weighted by atomic mass is 10.1. The first-order chi connectivity index (χ1) is 11.5. The summed E-state index contributed by atoms with van der Waals surface area (Å²) in [5.74, 6) is 0.144. The number of nitrogens with zero attached hydrogens (tertiary/aromatic N) is 1. The van der Waals surface area contributed by atoms with Crippen molar-refractivity contribution in [3.8, 4) is 11.5 Å². The first-order valence-corrected chi connectivity index (χ1v) is 7.53. The van der Waals surface area contributed by atoms with Gasteiger partial charge in [0.1, 0.15) is 5.75 Å². The average Bonchev–Trinajstić information content (AvgIpc) is 2.58. The third-order valence-corrected chi connectivity index (χ3v) is 3.66. The van der Waals surface area contributed by atoms with E-state index < -0.39 is 5.82 Å². The lowest BCUT2D eigenvalue weighted by molar-refractivity contribution is -0.117. The molecular weight excluding hydrogens is 311 g/mol. The largest absolute Gasteiger partial charge is 0.497 e. The maximum Gasteiger partial charge on any atom is 0.219 e. The second-order valence-electron chi connectivity index (χ2n) is 5.30. The van der Waals surface area contributed by atoms with Gasteiger partial charge in [0.15, 0.2) is 11.6 Å². The Morgan fingerprint density at radius 2 is 1.83 bits per heavy atom. The molecule has 1 amide bonds. The number of anilines is 1. The molecule has 0 aromatic heterocycles. The SMILES string of the molecule is COc1ccc(N(CCC(N)=O)Cc2ccc(OC)c(F)c2)cc1. The molecule has 0 heterocycles. The van der Waals surface area contributed by atoms with Crippen molar-refractivity contribution in [2.45, 2.75) is 13.0 Å². The molecule has 5 nitrogen and oxygen atoms in total. The van der Waals surface area contributed by atoms with Gasteiger partial charge in [-0.05, 0) is 42.0 Å². The minimum absolute atomic E-state index is 0.201. The minimum Gasteiger partial charge on any atom is -0.497 e. The fourth-order valence-electron chi connectivity index (χ4n) is 2.37. The second-order valence-corrected chi connectivity index (χ2v) is 5.30. The number of rotatable bonds is 8. The summed E-state index contributed by atoms with van der Waals surface area (Å²) in [4.78, 5) is 13.1. The zero-order chi connectivity index (χ0) is 17.5. The Morgan fingerprint density at radius 1 is 1.12 bits per heavy atom. The van der Waals surface area contributed by atoms with E-state index in [1.165, 1.54) is 13.2 Å². The van der Waals surface area contributed by atoms with Crippen molar-refractivity contribution >= 4 is 11.6 Å². The summed E-state index contributed by atoms with van der Waals surface area (Å²) in [6.45, 7) is 0.885. The van der Waals surface area contributed by atoms with Crippen molar-refractivity contribution in [3.05, 3.63) is 53.8 Å². The van der Waals surface area contributed by atoms with Crippen LogP contribution >= 0.6 is 0 Å². The zero-order valence-electron chi connectivity index (χ0n) is 13.8. The molecular formula is C18H21FN2O3. The van der Waals surface area contributed by atoms with Crippen LogP contribution in [0.3, 0.4) is 0 Å². The van der Waals surface area contributed by atoms with Crippen LogP contribution in [0.1, 0.15) is 12.0 Å². The van der Waals surface area contributed by atoms with E-state index in [0.29, 0.717) is 13.1 Å². The summed E-state index contributed by atoms with van der Waals surface area (Å²) in [5, 5.41) is 0. The topological polar surface area (TPSA) is 64.8 Å². The first-order valence-electron chi connectivity index (χ1n) is 7.53. The van der Waals surface area contributed by atoms with Gasteiger partial charge in [-0.2, -0.15) is 0 Å². The summed E-state index contributed by atoms with van der Waals surface area (Å²) in [7, 11) is 3.02. The van der Waals surface area contributed by atoms with E-state index in [0.717, 1.165) is 17.0 Å². The van der Waals surface area contributed by atoms with Crippen molar-refractivity contribution in [2.24, 2.45) is 5.73 Å². The maximum atomic E-state index is 13.9. The molecule has 0 saturated heterocycles. The summed E-state index contributed by atoms with van der Waals surface area (Å²) >= 11 is 0. The molecule has 6 heteroatoms. The van der Waals surface area contributed by atoms with Gasteiger partial charge in [0, 0.05) is 25.2 Å². The van der Waals surface area contributed by atoms with Gasteiger partial charge >= 0.3 is 0 Å². The van der Waals surface area contributed by atoms with Gasteiger partial charge in [0.05, 0.1) is 14.2 Å². The molecule has 0 bridgehead atoms. The zero-order valence-corrected chi connectivity index (χ0v) is 13.8. The minimum atomic E-state index is -0.417. The average molecular weight is 332 g/mol. The Balaban J connectivity index is 2.21. The van der Waals surface area contributed by atoms with Crippen molar-refractivity contribution < 1.29 is 18.7 Å². The number of hydrogen-bond donors (Lipinski definition) is 1. The third kappa shape index (κ3) is 4.62. The Kier molecular flexibility index (Phi) is 6.01. The number of nitrogens with two attached hydrogens (primary N) is 1. The van der Waals surface area contributed by atoms with E-state index in [9.17, 15) is 9.18 Å². The van der Waals surface area contributed by atoms with E-state index in [2.05, 4.69) is 0 Å². The highest BCUT2D eigenvalue weighted by molar-refractivity contribution is 5.74. The predicted octanol–water partition coefficient (Wildman–Crippen LogP) is 2.72. The summed E-state index contributed by atoms with van der Waals surface area (Å²) in [5.41, 5.74) is 6.93. The number of amides is 1. The molecule has 0 aliphatic carbocycles. The molecule has 24 heavy (non-hydrogen) atoms. The highest BCUT2D eigenvalue weighted by atomic mass is 19.1. The molecule has 2 aromatic carbocycles. The van der Waals surface area contributed by atoms with Crippen LogP contribution in [-0.4, -0.2) is 26.7 Å². The summed E-state index contributed by atoms with van der Waals surface area (Å²) < 4.78 is 24.0. The Labute approximate surface area is 140 Å². The number of halogens is 1. The Bertz CT molecular complexity index is 689.